The van der Waals surface area contributed by atoms with Crippen LogP contribution in [0, 0.1) is 5.92 Å². The van der Waals surface area contributed by atoms with Gasteiger partial charge in [0.2, 0.25) is 5.89 Å². The molecule has 1 aliphatic carbocycles. The van der Waals surface area contributed by atoms with Crippen molar-refractivity contribution in [2.45, 2.75) is 44.2 Å². The van der Waals surface area contributed by atoms with Gasteiger partial charge in [0.1, 0.15) is 12.3 Å². The number of benzene rings is 1. The number of hydrogen-bond donors (Lipinski definition) is 1. The van der Waals surface area contributed by atoms with E-state index in [-0.39, 0.29) is 23.6 Å². The second-order valence-corrected chi connectivity index (χ2v) is 6.82. The highest BCUT2D eigenvalue weighted by molar-refractivity contribution is 5.95. The smallest absolute Gasteiger partial charge is 0.326 e. The molecule has 1 aromatic carbocycles. The third-order valence-electron chi connectivity index (χ3n) is 5.35. The molecule has 2 fully saturated rings. The number of aliphatic carboxylic acids is 1. The van der Waals surface area contributed by atoms with Crippen molar-refractivity contribution in [3.8, 4) is 11.5 Å². The number of fused-ring (bicyclic) bond motifs is 1. The molecule has 0 radical (unpaired) electrons. The van der Waals surface area contributed by atoms with Crippen LogP contribution in [0.15, 0.2) is 41.0 Å². The highest BCUT2D eigenvalue weighted by Crippen LogP contribution is 2.40. The van der Waals surface area contributed by atoms with Crippen molar-refractivity contribution in [2.75, 3.05) is 0 Å². The summed E-state index contributed by atoms with van der Waals surface area (Å²) in [6, 6.07) is 8.57. The SMILES string of the molecule is O=C(O)[C@@H]1C[C@H]2CCCC[C@H]2N1C(=O)c1coc(-c2ccccc2)n1. The number of carboxylic acids is 1. The van der Waals surface area contributed by atoms with Crippen molar-refractivity contribution in [3.05, 3.63) is 42.3 Å². The van der Waals surface area contributed by atoms with Crippen molar-refractivity contribution in [3.63, 3.8) is 0 Å². The number of carboxylic acid groups (broad SMARTS) is 1. The molecule has 6 heteroatoms. The first-order chi connectivity index (χ1) is 12.1. The largest absolute Gasteiger partial charge is 0.480 e. The van der Waals surface area contributed by atoms with Gasteiger partial charge in [-0.3, -0.25) is 4.79 Å². The van der Waals surface area contributed by atoms with E-state index < -0.39 is 12.0 Å². The van der Waals surface area contributed by atoms with Crippen LogP contribution in [0.3, 0.4) is 0 Å². The summed E-state index contributed by atoms with van der Waals surface area (Å²) < 4.78 is 5.46. The zero-order valence-corrected chi connectivity index (χ0v) is 13.8. The van der Waals surface area contributed by atoms with Crippen LogP contribution in [0.4, 0.5) is 0 Å². The normalized spacial score (nSPS) is 25.6. The Morgan fingerprint density at radius 3 is 2.68 bits per heavy atom. The van der Waals surface area contributed by atoms with E-state index in [2.05, 4.69) is 4.98 Å². The van der Waals surface area contributed by atoms with Crippen LogP contribution in [0.5, 0.6) is 0 Å². The minimum atomic E-state index is -0.936. The molecular formula is C19H20N2O4. The molecule has 1 N–H and O–H groups in total. The molecule has 130 valence electrons. The van der Waals surface area contributed by atoms with Crippen LogP contribution in [0.1, 0.15) is 42.6 Å². The van der Waals surface area contributed by atoms with E-state index in [9.17, 15) is 14.7 Å². The lowest BCUT2D eigenvalue weighted by Gasteiger charge is -2.32. The summed E-state index contributed by atoms with van der Waals surface area (Å²) in [6.07, 6.45) is 5.87. The fourth-order valence-corrected chi connectivity index (χ4v) is 4.19. The van der Waals surface area contributed by atoms with Crippen LogP contribution < -0.4 is 0 Å². The lowest BCUT2D eigenvalue weighted by atomic mass is 9.84. The molecule has 1 aromatic heterocycles. The molecule has 0 unspecified atom stereocenters. The monoisotopic (exact) mass is 340 g/mol. The van der Waals surface area contributed by atoms with Gasteiger partial charge in [-0.05, 0) is 37.3 Å². The van der Waals surface area contributed by atoms with Crippen molar-refractivity contribution < 1.29 is 19.1 Å². The summed E-state index contributed by atoms with van der Waals surface area (Å²) in [5.74, 6) is -0.628. The van der Waals surface area contributed by atoms with Crippen molar-refractivity contribution in [1.29, 1.82) is 0 Å². The first-order valence-electron chi connectivity index (χ1n) is 8.71. The van der Waals surface area contributed by atoms with E-state index in [0.717, 1.165) is 31.2 Å². The molecule has 2 aromatic rings. The molecule has 2 heterocycles. The maximum atomic E-state index is 13.0. The summed E-state index contributed by atoms with van der Waals surface area (Å²) in [5, 5.41) is 9.57. The summed E-state index contributed by atoms with van der Waals surface area (Å²) in [5.41, 5.74) is 0.963. The van der Waals surface area contributed by atoms with Crippen LogP contribution in [-0.2, 0) is 4.79 Å². The van der Waals surface area contributed by atoms with Gasteiger partial charge >= 0.3 is 5.97 Å². The van der Waals surface area contributed by atoms with Gasteiger partial charge in [-0.25, -0.2) is 9.78 Å². The number of likely N-dealkylation sites (tertiary alicyclic amines) is 1. The molecule has 6 nitrogen and oxygen atoms in total. The number of carbonyl (C=O) groups excluding carboxylic acids is 1. The predicted octanol–water partition coefficient (Wildman–Crippen LogP) is 3.20. The average Bonchev–Trinajstić information content (AvgIpc) is 3.27. The fraction of sp³-hybridized carbons (Fsp3) is 0.421. The third-order valence-corrected chi connectivity index (χ3v) is 5.35. The number of carbonyl (C=O) groups is 2. The van der Waals surface area contributed by atoms with Gasteiger partial charge < -0.3 is 14.4 Å². The molecule has 1 amide bonds. The standard InChI is InChI=1S/C19H20N2O4/c22-18(14-11-25-17(20-14)12-6-2-1-3-7-12)21-15-9-5-4-8-13(15)10-16(21)19(23)24/h1-3,6-7,11,13,15-16H,4-5,8-10H2,(H,23,24)/t13-,15-,16+/m1/s1. The van der Waals surface area contributed by atoms with Gasteiger partial charge in [0, 0.05) is 11.6 Å². The summed E-state index contributed by atoms with van der Waals surface area (Å²) in [7, 11) is 0. The van der Waals surface area contributed by atoms with Gasteiger partial charge in [0.15, 0.2) is 5.69 Å². The molecule has 4 rings (SSSR count). The van der Waals surface area contributed by atoms with Crippen LogP contribution in [0.25, 0.3) is 11.5 Å². The lowest BCUT2D eigenvalue weighted by Crippen LogP contribution is -2.46. The zero-order valence-electron chi connectivity index (χ0n) is 13.8. The Morgan fingerprint density at radius 1 is 1.16 bits per heavy atom. The molecular weight excluding hydrogens is 320 g/mol. The maximum Gasteiger partial charge on any atom is 0.326 e. The molecule has 25 heavy (non-hydrogen) atoms. The van der Waals surface area contributed by atoms with Gasteiger partial charge in [-0.1, -0.05) is 31.0 Å². The Kier molecular flexibility index (Phi) is 4.03. The van der Waals surface area contributed by atoms with Crippen molar-refractivity contribution in [1.82, 2.24) is 9.88 Å². The minimum Gasteiger partial charge on any atom is -0.480 e. The molecule has 0 bridgehead atoms. The minimum absolute atomic E-state index is 0.000717. The zero-order chi connectivity index (χ0) is 17.4. The second-order valence-electron chi connectivity index (χ2n) is 6.82. The average molecular weight is 340 g/mol. The Bertz CT molecular complexity index is 786. The number of nitrogens with zero attached hydrogens (tertiary/aromatic N) is 2. The first-order valence-corrected chi connectivity index (χ1v) is 8.71. The topological polar surface area (TPSA) is 83.6 Å². The molecule has 1 saturated carbocycles. The Morgan fingerprint density at radius 2 is 1.92 bits per heavy atom. The maximum absolute atomic E-state index is 13.0. The van der Waals surface area contributed by atoms with Crippen molar-refractivity contribution in [2.24, 2.45) is 5.92 Å². The molecule has 1 aliphatic heterocycles. The summed E-state index contributed by atoms with van der Waals surface area (Å²) >= 11 is 0. The van der Waals surface area contributed by atoms with E-state index in [1.807, 2.05) is 30.3 Å². The van der Waals surface area contributed by atoms with E-state index in [0.29, 0.717) is 12.3 Å². The number of hydrogen-bond acceptors (Lipinski definition) is 4. The Balaban J connectivity index is 1.63. The highest BCUT2D eigenvalue weighted by atomic mass is 16.4. The van der Waals surface area contributed by atoms with E-state index in [1.165, 1.54) is 6.26 Å². The van der Waals surface area contributed by atoms with E-state index in [1.54, 1.807) is 4.90 Å². The second kappa shape index (κ2) is 6.35. The fourth-order valence-electron chi connectivity index (χ4n) is 4.19. The third kappa shape index (κ3) is 2.81. The predicted molar refractivity (Wildman–Crippen MR) is 89.9 cm³/mol. The van der Waals surface area contributed by atoms with Gasteiger partial charge in [0.05, 0.1) is 0 Å². The molecule has 1 saturated heterocycles. The Hall–Kier alpha value is -2.63. The lowest BCUT2D eigenvalue weighted by molar-refractivity contribution is -0.141. The van der Waals surface area contributed by atoms with Crippen LogP contribution >= 0.6 is 0 Å². The van der Waals surface area contributed by atoms with Gasteiger partial charge in [0.25, 0.3) is 5.91 Å². The Labute approximate surface area is 145 Å². The van der Waals surface area contributed by atoms with Gasteiger partial charge in [-0.15, -0.1) is 0 Å². The van der Waals surface area contributed by atoms with E-state index in [4.69, 9.17) is 4.42 Å². The number of rotatable bonds is 3. The number of oxazole rings is 1. The summed E-state index contributed by atoms with van der Waals surface area (Å²) in [6.45, 7) is 0. The first kappa shape index (κ1) is 15.9. The summed E-state index contributed by atoms with van der Waals surface area (Å²) in [4.78, 5) is 30.5. The van der Waals surface area contributed by atoms with Crippen LogP contribution in [0.2, 0.25) is 0 Å². The molecule has 3 atom stereocenters. The number of aromatic nitrogens is 1. The molecule has 2 aliphatic rings. The quantitative estimate of drug-likeness (QED) is 0.927. The van der Waals surface area contributed by atoms with E-state index >= 15 is 0 Å². The van der Waals surface area contributed by atoms with Gasteiger partial charge in [-0.2, -0.15) is 0 Å². The van der Waals surface area contributed by atoms with Crippen molar-refractivity contribution >= 4 is 11.9 Å². The molecule has 0 spiro atoms. The van der Waals surface area contributed by atoms with Crippen LogP contribution in [-0.4, -0.2) is 39.0 Å². The highest BCUT2D eigenvalue weighted by Gasteiger charge is 2.48. The number of amides is 1.